The molecule has 0 aliphatic heterocycles. The van der Waals surface area contributed by atoms with E-state index < -0.39 is 5.82 Å². The molecule has 15 heavy (non-hydrogen) atoms. The summed E-state index contributed by atoms with van der Waals surface area (Å²) in [6.07, 6.45) is 0.679. The Hall–Kier alpha value is -1.90. The van der Waals surface area contributed by atoms with Crippen LogP contribution in [0.3, 0.4) is 0 Å². The molecule has 0 saturated heterocycles. The van der Waals surface area contributed by atoms with Gasteiger partial charge in [0.1, 0.15) is 23.6 Å². The monoisotopic (exact) mass is 204 g/mol. The third-order valence-electron chi connectivity index (χ3n) is 2.13. The average molecular weight is 204 g/mol. The molecule has 0 N–H and O–H groups in total. The Bertz CT molecular complexity index is 500. The topological polar surface area (TPSA) is 30.2 Å². The first-order chi connectivity index (χ1) is 7.20. The van der Waals surface area contributed by atoms with Crippen molar-refractivity contribution in [3.05, 3.63) is 47.5 Å². The lowest BCUT2D eigenvalue weighted by molar-refractivity contribution is 0.112. The van der Waals surface area contributed by atoms with Crippen LogP contribution in [0.5, 0.6) is 0 Å². The summed E-state index contributed by atoms with van der Waals surface area (Å²) in [5, 5.41) is 0. The van der Waals surface area contributed by atoms with Crippen LogP contribution in [0.15, 0.2) is 34.7 Å². The standard InChI is InChI=1S/C12H9FO2/c1-8-2-5-12(15-8)10-6-9(7-14)3-4-11(10)13/h2-7H,1H3. The van der Waals surface area contributed by atoms with Crippen molar-refractivity contribution in [3.63, 3.8) is 0 Å². The summed E-state index contributed by atoms with van der Waals surface area (Å²) < 4.78 is 18.7. The molecule has 1 aromatic heterocycles. The van der Waals surface area contributed by atoms with Gasteiger partial charge in [-0.2, -0.15) is 0 Å². The van der Waals surface area contributed by atoms with Crippen LogP contribution in [0.2, 0.25) is 0 Å². The fraction of sp³-hybridized carbons (Fsp3) is 0.0833. The Labute approximate surface area is 86.3 Å². The van der Waals surface area contributed by atoms with E-state index in [0.717, 1.165) is 0 Å². The summed E-state index contributed by atoms with van der Waals surface area (Å²) in [7, 11) is 0. The van der Waals surface area contributed by atoms with Crippen LogP contribution in [-0.2, 0) is 0 Å². The number of benzene rings is 1. The molecule has 3 heteroatoms. The number of carbonyl (C=O) groups excluding carboxylic acids is 1. The first kappa shape index (κ1) is 9.65. The van der Waals surface area contributed by atoms with E-state index in [4.69, 9.17) is 4.42 Å². The molecular formula is C12H9FO2. The Morgan fingerprint density at radius 3 is 2.67 bits per heavy atom. The molecule has 1 heterocycles. The number of aldehydes is 1. The van der Waals surface area contributed by atoms with Gasteiger partial charge >= 0.3 is 0 Å². The van der Waals surface area contributed by atoms with Gasteiger partial charge in [0.2, 0.25) is 0 Å². The second kappa shape index (κ2) is 3.69. The van der Waals surface area contributed by atoms with Gasteiger partial charge < -0.3 is 4.42 Å². The Morgan fingerprint density at radius 1 is 1.27 bits per heavy atom. The maximum atomic E-state index is 13.4. The zero-order valence-corrected chi connectivity index (χ0v) is 8.16. The predicted octanol–water partition coefficient (Wildman–Crippen LogP) is 3.21. The highest BCUT2D eigenvalue weighted by Gasteiger charge is 2.09. The molecule has 1 aromatic carbocycles. The van der Waals surface area contributed by atoms with E-state index in [2.05, 4.69) is 0 Å². The molecule has 2 aromatic rings. The van der Waals surface area contributed by atoms with Gasteiger partial charge in [0.05, 0.1) is 5.56 Å². The molecule has 76 valence electrons. The lowest BCUT2D eigenvalue weighted by Gasteiger charge is -2.00. The zero-order valence-electron chi connectivity index (χ0n) is 8.16. The Balaban J connectivity index is 2.55. The highest BCUT2D eigenvalue weighted by atomic mass is 19.1. The molecule has 0 bridgehead atoms. The normalized spacial score (nSPS) is 10.3. The molecule has 0 unspecified atom stereocenters. The highest BCUT2D eigenvalue weighted by Crippen LogP contribution is 2.25. The van der Waals surface area contributed by atoms with Crippen molar-refractivity contribution in [2.24, 2.45) is 0 Å². The van der Waals surface area contributed by atoms with Crippen LogP contribution < -0.4 is 0 Å². The second-order valence-electron chi connectivity index (χ2n) is 3.27. The number of halogens is 1. The number of rotatable bonds is 2. The van der Waals surface area contributed by atoms with Gasteiger partial charge in [-0.3, -0.25) is 4.79 Å². The van der Waals surface area contributed by atoms with Crippen LogP contribution in [-0.4, -0.2) is 6.29 Å². The highest BCUT2D eigenvalue weighted by molar-refractivity contribution is 5.78. The van der Waals surface area contributed by atoms with Crippen LogP contribution in [0.1, 0.15) is 16.1 Å². The van der Waals surface area contributed by atoms with Crippen molar-refractivity contribution < 1.29 is 13.6 Å². The smallest absolute Gasteiger partial charge is 0.150 e. The van der Waals surface area contributed by atoms with Crippen molar-refractivity contribution in [1.29, 1.82) is 0 Å². The zero-order chi connectivity index (χ0) is 10.8. The van der Waals surface area contributed by atoms with Crippen molar-refractivity contribution >= 4 is 6.29 Å². The van der Waals surface area contributed by atoms with Crippen molar-refractivity contribution in [2.75, 3.05) is 0 Å². The van der Waals surface area contributed by atoms with Gasteiger partial charge in [-0.25, -0.2) is 4.39 Å². The number of hydrogen-bond donors (Lipinski definition) is 0. The van der Waals surface area contributed by atoms with E-state index in [-0.39, 0.29) is 0 Å². The van der Waals surface area contributed by atoms with Gasteiger partial charge in [-0.05, 0) is 37.3 Å². The number of carbonyl (C=O) groups is 1. The van der Waals surface area contributed by atoms with Crippen LogP contribution in [0.25, 0.3) is 11.3 Å². The van der Waals surface area contributed by atoms with Crippen molar-refractivity contribution in [3.8, 4) is 11.3 Å². The van der Waals surface area contributed by atoms with E-state index in [1.807, 2.05) is 0 Å². The van der Waals surface area contributed by atoms with Gasteiger partial charge in [-0.1, -0.05) is 0 Å². The minimum Gasteiger partial charge on any atom is -0.461 e. The van der Waals surface area contributed by atoms with E-state index in [0.29, 0.717) is 28.9 Å². The molecule has 0 saturated carbocycles. The minimum absolute atomic E-state index is 0.313. The van der Waals surface area contributed by atoms with E-state index >= 15 is 0 Å². The lowest BCUT2D eigenvalue weighted by Crippen LogP contribution is -1.86. The summed E-state index contributed by atoms with van der Waals surface area (Å²) in [6, 6.07) is 7.60. The summed E-state index contributed by atoms with van der Waals surface area (Å²) in [5.74, 6) is 0.754. The van der Waals surface area contributed by atoms with Crippen LogP contribution in [0.4, 0.5) is 4.39 Å². The molecule has 0 radical (unpaired) electrons. The van der Waals surface area contributed by atoms with Crippen molar-refractivity contribution in [2.45, 2.75) is 6.92 Å². The molecule has 0 aliphatic rings. The largest absolute Gasteiger partial charge is 0.461 e. The maximum absolute atomic E-state index is 13.4. The molecular weight excluding hydrogens is 195 g/mol. The third kappa shape index (κ3) is 1.81. The second-order valence-corrected chi connectivity index (χ2v) is 3.27. The molecule has 2 nitrogen and oxygen atoms in total. The van der Waals surface area contributed by atoms with Crippen LogP contribution in [0, 0.1) is 12.7 Å². The number of aryl methyl sites for hydroxylation is 1. The summed E-state index contributed by atoms with van der Waals surface area (Å²) >= 11 is 0. The molecule has 0 fully saturated rings. The molecule has 0 amide bonds. The van der Waals surface area contributed by atoms with Crippen molar-refractivity contribution in [1.82, 2.24) is 0 Å². The average Bonchev–Trinajstić information content (AvgIpc) is 2.65. The lowest BCUT2D eigenvalue weighted by atomic mass is 10.1. The summed E-state index contributed by atoms with van der Waals surface area (Å²) in [5.41, 5.74) is 0.744. The number of furan rings is 1. The molecule has 0 atom stereocenters. The fourth-order valence-electron chi connectivity index (χ4n) is 1.38. The van der Waals surface area contributed by atoms with E-state index in [1.54, 1.807) is 19.1 Å². The summed E-state index contributed by atoms with van der Waals surface area (Å²) in [4.78, 5) is 10.6. The third-order valence-corrected chi connectivity index (χ3v) is 2.13. The van der Waals surface area contributed by atoms with E-state index in [9.17, 15) is 9.18 Å². The molecule has 0 spiro atoms. The predicted molar refractivity (Wildman–Crippen MR) is 54.2 cm³/mol. The molecule has 2 rings (SSSR count). The SMILES string of the molecule is Cc1ccc(-c2cc(C=O)ccc2F)o1. The first-order valence-corrected chi connectivity index (χ1v) is 4.52. The van der Waals surface area contributed by atoms with Gasteiger partial charge in [-0.15, -0.1) is 0 Å². The molecule has 0 aliphatic carbocycles. The van der Waals surface area contributed by atoms with Gasteiger partial charge in [0.25, 0.3) is 0 Å². The van der Waals surface area contributed by atoms with Gasteiger partial charge in [0, 0.05) is 5.56 Å². The Kier molecular flexibility index (Phi) is 2.37. The number of hydrogen-bond acceptors (Lipinski definition) is 2. The van der Waals surface area contributed by atoms with Crippen LogP contribution >= 0.6 is 0 Å². The van der Waals surface area contributed by atoms with Gasteiger partial charge in [0.15, 0.2) is 0 Å². The maximum Gasteiger partial charge on any atom is 0.150 e. The Morgan fingerprint density at radius 2 is 2.07 bits per heavy atom. The summed E-state index contributed by atoms with van der Waals surface area (Å²) in [6.45, 7) is 1.78. The first-order valence-electron chi connectivity index (χ1n) is 4.52. The van der Waals surface area contributed by atoms with E-state index in [1.165, 1.54) is 18.2 Å². The fourth-order valence-corrected chi connectivity index (χ4v) is 1.38. The minimum atomic E-state index is -0.394. The quantitative estimate of drug-likeness (QED) is 0.703.